The standard InChI is InChI=1S/C22H26N4O5/c1-6-25-13(5)14(11(3)16(18(23)27)21(25)30)9-8-10-15-12(4)17(19(24)28)22(31)26(7-2)20(15)29/h8-10H,6-7H2,1-5H3,(H2,23,27)(H2,24,28)/b9-8+,15-10-. The van der Waals surface area contributed by atoms with Crippen LogP contribution in [0.3, 0.4) is 0 Å². The fourth-order valence-corrected chi connectivity index (χ4v) is 3.76. The summed E-state index contributed by atoms with van der Waals surface area (Å²) in [6, 6.07) is 0. The molecule has 1 aromatic rings. The van der Waals surface area contributed by atoms with Gasteiger partial charge in [-0.1, -0.05) is 12.2 Å². The van der Waals surface area contributed by atoms with Crippen molar-refractivity contribution in [2.24, 2.45) is 11.5 Å². The van der Waals surface area contributed by atoms with Gasteiger partial charge >= 0.3 is 0 Å². The van der Waals surface area contributed by atoms with Gasteiger partial charge in [0.2, 0.25) is 0 Å². The molecule has 0 radical (unpaired) electrons. The third-order valence-electron chi connectivity index (χ3n) is 5.40. The van der Waals surface area contributed by atoms with Gasteiger partial charge in [-0.25, -0.2) is 0 Å². The Labute approximate surface area is 179 Å². The number of carbonyl (C=O) groups excluding carboxylic acids is 4. The van der Waals surface area contributed by atoms with Gasteiger partial charge in [0.25, 0.3) is 29.2 Å². The first-order chi connectivity index (χ1) is 14.5. The predicted octanol–water partition coefficient (Wildman–Crippen LogP) is 0.714. The maximum Gasteiger partial charge on any atom is 0.266 e. The van der Waals surface area contributed by atoms with E-state index in [1.54, 1.807) is 39.8 Å². The second-order valence-corrected chi connectivity index (χ2v) is 7.07. The summed E-state index contributed by atoms with van der Waals surface area (Å²) in [7, 11) is 0. The summed E-state index contributed by atoms with van der Waals surface area (Å²) in [5.74, 6) is -2.98. The first kappa shape index (κ1) is 23.5. The van der Waals surface area contributed by atoms with E-state index in [0.29, 0.717) is 23.4 Å². The molecule has 9 heteroatoms. The highest BCUT2D eigenvalue weighted by atomic mass is 16.2. The Morgan fingerprint density at radius 2 is 1.55 bits per heavy atom. The fourth-order valence-electron chi connectivity index (χ4n) is 3.76. The highest BCUT2D eigenvalue weighted by Gasteiger charge is 2.36. The van der Waals surface area contributed by atoms with E-state index in [0.717, 1.165) is 4.90 Å². The summed E-state index contributed by atoms with van der Waals surface area (Å²) in [4.78, 5) is 62.2. The molecule has 0 bridgehead atoms. The Kier molecular flexibility index (Phi) is 6.79. The lowest BCUT2D eigenvalue weighted by molar-refractivity contribution is -0.141. The van der Waals surface area contributed by atoms with Gasteiger partial charge in [0.1, 0.15) is 11.1 Å². The number of primary amides is 2. The number of carbonyl (C=O) groups is 4. The van der Waals surface area contributed by atoms with E-state index in [-0.39, 0.29) is 28.8 Å². The van der Waals surface area contributed by atoms with Gasteiger partial charge < -0.3 is 16.0 Å². The van der Waals surface area contributed by atoms with E-state index in [1.807, 2.05) is 0 Å². The van der Waals surface area contributed by atoms with Crippen LogP contribution in [0.2, 0.25) is 0 Å². The number of aromatic nitrogens is 1. The number of nitrogens with two attached hydrogens (primary N) is 2. The molecule has 0 fully saturated rings. The van der Waals surface area contributed by atoms with E-state index in [1.165, 1.54) is 17.6 Å². The number of imide groups is 1. The minimum Gasteiger partial charge on any atom is -0.365 e. The van der Waals surface area contributed by atoms with Gasteiger partial charge in [0.05, 0.1) is 0 Å². The zero-order valence-electron chi connectivity index (χ0n) is 18.2. The van der Waals surface area contributed by atoms with Crippen LogP contribution in [0.25, 0.3) is 6.08 Å². The lowest BCUT2D eigenvalue weighted by Crippen LogP contribution is -2.45. The van der Waals surface area contributed by atoms with Crippen molar-refractivity contribution in [1.82, 2.24) is 9.47 Å². The maximum absolute atomic E-state index is 12.7. The summed E-state index contributed by atoms with van der Waals surface area (Å²) in [5, 5.41) is 0. The number of allylic oxidation sites excluding steroid dienone is 2. The zero-order valence-corrected chi connectivity index (χ0v) is 18.2. The number of nitrogens with zero attached hydrogens (tertiary/aromatic N) is 2. The molecule has 0 aliphatic carbocycles. The zero-order chi connectivity index (χ0) is 23.6. The molecule has 4 amide bonds. The molecule has 1 aliphatic heterocycles. The molecule has 4 N–H and O–H groups in total. The molecule has 2 heterocycles. The number of hydrogen-bond acceptors (Lipinski definition) is 5. The molecule has 164 valence electrons. The average Bonchev–Trinajstić information content (AvgIpc) is 2.66. The van der Waals surface area contributed by atoms with Crippen molar-refractivity contribution >= 4 is 29.7 Å². The molecule has 0 unspecified atom stereocenters. The summed E-state index contributed by atoms with van der Waals surface area (Å²) in [6.45, 7) is 8.69. The monoisotopic (exact) mass is 426 g/mol. The van der Waals surface area contributed by atoms with Crippen LogP contribution >= 0.6 is 0 Å². The van der Waals surface area contributed by atoms with Gasteiger partial charge in [-0.2, -0.15) is 0 Å². The number of likely N-dealkylation sites (N-methyl/N-ethyl adjacent to an activating group) is 1. The number of hydrogen-bond donors (Lipinski definition) is 2. The van der Waals surface area contributed by atoms with E-state index in [9.17, 15) is 24.0 Å². The molecule has 0 spiro atoms. The van der Waals surface area contributed by atoms with E-state index in [2.05, 4.69) is 0 Å². The minimum absolute atomic E-state index is 0.0877. The lowest BCUT2D eigenvalue weighted by Gasteiger charge is -2.27. The molecule has 0 aromatic carbocycles. The Hall–Kier alpha value is -3.75. The van der Waals surface area contributed by atoms with Crippen molar-refractivity contribution in [2.75, 3.05) is 6.54 Å². The van der Waals surface area contributed by atoms with Crippen molar-refractivity contribution in [3.8, 4) is 0 Å². The van der Waals surface area contributed by atoms with Crippen molar-refractivity contribution in [2.45, 2.75) is 41.2 Å². The Morgan fingerprint density at radius 3 is 2.03 bits per heavy atom. The Morgan fingerprint density at radius 1 is 0.935 bits per heavy atom. The van der Waals surface area contributed by atoms with Crippen LogP contribution < -0.4 is 17.0 Å². The average molecular weight is 426 g/mol. The van der Waals surface area contributed by atoms with Crippen molar-refractivity contribution in [3.05, 3.63) is 61.6 Å². The first-order valence-corrected chi connectivity index (χ1v) is 9.78. The van der Waals surface area contributed by atoms with Gasteiger partial charge in [0, 0.05) is 24.4 Å². The van der Waals surface area contributed by atoms with Crippen molar-refractivity contribution in [1.29, 1.82) is 0 Å². The van der Waals surface area contributed by atoms with E-state index >= 15 is 0 Å². The smallest absolute Gasteiger partial charge is 0.266 e. The highest BCUT2D eigenvalue weighted by molar-refractivity contribution is 6.27. The van der Waals surface area contributed by atoms with Crippen LogP contribution in [-0.4, -0.2) is 39.6 Å². The number of amides is 4. The van der Waals surface area contributed by atoms with Gasteiger partial charge in [-0.3, -0.25) is 28.9 Å². The largest absolute Gasteiger partial charge is 0.365 e. The lowest BCUT2D eigenvalue weighted by atomic mass is 9.93. The molecule has 1 aliphatic rings. The van der Waals surface area contributed by atoms with Crippen molar-refractivity contribution in [3.63, 3.8) is 0 Å². The topological polar surface area (TPSA) is 146 Å². The molecule has 9 nitrogen and oxygen atoms in total. The first-order valence-electron chi connectivity index (χ1n) is 9.78. The maximum atomic E-state index is 12.7. The molecule has 0 saturated carbocycles. The predicted molar refractivity (Wildman–Crippen MR) is 116 cm³/mol. The molecule has 1 aromatic heterocycles. The molecular weight excluding hydrogens is 400 g/mol. The van der Waals surface area contributed by atoms with E-state index in [4.69, 9.17) is 11.5 Å². The SMILES string of the molecule is CCN1C(=O)C(C(N)=O)=C(C)/C(=C/C=C/c2c(C)c(C(N)=O)c(=O)n(CC)c2C)C1=O. The summed E-state index contributed by atoms with van der Waals surface area (Å²) in [6.07, 6.45) is 4.68. The Balaban J connectivity index is 2.68. The normalized spacial score (nSPS) is 16.0. The van der Waals surface area contributed by atoms with Crippen LogP contribution in [0, 0.1) is 13.8 Å². The van der Waals surface area contributed by atoms with Gasteiger partial charge in [-0.15, -0.1) is 0 Å². The Bertz CT molecular complexity index is 1150. The molecular formula is C22H26N4O5. The third-order valence-corrected chi connectivity index (χ3v) is 5.40. The quantitative estimate of drug-likeness (QED) is 0.391. The van der Waals surface area contributed by atoms with Crippen LogP contribution in [0.5, 0.6) is 0 Å². The minimum atomic E-state index is -0.906. The number of rotatable bonds is 6. The third kappa shape index (κ3) is 3.98. The van der Waals surface area contributed by atoms with Gasteiger partial charge in [-0.05, 0) is 57.4 Å². The summed E-state index contributed by atoms with van der Waals surface area (Å²) in [5.41, 5.74) is 12.0. The summed E-state index contributed by atoms with van der Waals surface area (Å²) < 4.78 is 1.44. The fraction of sp³-hybridized carbons (Fsp3) is 0.318. The second-order valence-electron chi connectivity index (χ2n) is 7.07. The van der Waals surface area contributed by atoms with Gasteiger partial charge in [0.15, 0.2) is 0 Å². The molecule has 0 atom stereocenters. The highest BCUT2D eigenvalue weighted by Crippen LogP contribution is 2.25. The molecule has 0 saturated heterocycles. The van der Waals surface area contributed by atoms with Crippen LogP contribution in [0.15, 0.2) is 33.7 Å². The molecule has 31 heavy (non-hydrogen) atoms. The number of pyridine rings is 1. The van der Waals surface area contributed by atoms with Crippen LogP contribution in [0.4, 0.5) is 0 Å². The van der Waals surface area contributed by atoms with E-state index < -0.39 is 29.2 Å². The summed E-state index contributed by atoms with van der Waals surface area (Å²) >= 11 is 0. The van der Waals surface area contributed by atoms with Crippen LogP contribution in [0.1, 0.15) is 48.0 Å². The second kappa shape index (κ2) is 8.95. The van der Waals surface area contributed by atoms with Crippen molar-refractivity contribution < 1.29 is 19.2 Å². The van der Waals surface area contributed by atoms with Crippen LogP contribution in [-0.2, 0) is 20.9 Å². The molecule has 2 rings (SSSR count).